The van der Waals surface area contributed by atoms with E-state index in [1.165, 1.54) is 16.3 Å². The van der Waals surface area contributed by atoms with Crippen LogP contribution in [0.25, 0.3) is 28.2 Å². The standard InChI is InChI=1S/C18H11ClN6OS/c1-2-9-27-17-22-16-14(11-3-5-12(19)6-4-11)15(13-10-20-7-8-21-13)24-25(16)18(26)23-17/h1,3-8,10H,9H2,(H,22,23,26). The van der Waals surface area contributed by atoms with E-state index in [1.54, 1.807) is 30.7 Å². The Hall–Kier alpha value is -3.15. The van der Waals surface area contributed by atoms with Crippen LogP contribution in [-0.2, 0) is 0 Å². The van der Waals surface area contributed by atoms with Gasteiger partial charge in [-0.2, -0.15) is 9.61 Å². The smallest absolute Gasteiger partial charge is 0.285 e. The molecule has 7 nitrogen and oxygen atoms in total. The van der Waals surface area contributed by atoms with Crippen LogP contribution < -0.4 is 5.69 Å². The molecule has 1 N–H and O–H groups in total. The summed E-state index contributed by atoms with van der Waals surface area (Å²) < 4.78 is 1.22. The maximum absolute atomic E-state index is 12.5. The lowest BCUT2D eigenvalue weighted by molar-refractivity contribution is 0.788. The Labute approximate surface area is 162 Å². The van der Waals surface area contributed by atoms with Crippen LogP contribution in [0.5, 0.6) is 0 Å². The molecule has 3 aromatic heterocycles. The third kappa shape index (κ3) is 3.30. The number of thioether (sulfide) groups is 1. The van der Waals surface area contributed by atoms with Crippen molar-refractivity contribution in [2.75, 3.05) is 5.75 Å². The van der Waals surface area contributed by atoms with Crippen molar-refractivity contribution < 1.29 is 0 Å². The van der Waals surface area contributed by atoms with Crippen molar-refractivity contribution in [2.45, 2.75) is 5.16 Å². The van der Waals surface area contributed by atoms with E-state index in [-0.39, 0.29) is 0 Å². The summed E-state index contributed by atoms with van der Waals surface area (Å²) in [5.41, 5.74) is 2.50. The van der Waals surface area contributed by atoms with Crippen LogP contribution in [0.3, 0.4) is 0 Å². The number of terminal acetylenes is 1. The fourth-order valence-electron chi connectivity index (χ4n) is 2.58. The van der Waals surface area contributed by atoms with E-state index in [1.807, 2.05) is 12.1 Å². The van der Waals surface area contributed by atoms with Gasteiger partial charge < -0.3 is 0 Å². The van der Waals surface area contributed by atoms with Gasteiger partial charge >= 0.3 is 5.69 Å². The number of halogens is 1. The number of H-pyrrole nitrogens is 1. The van der Waals surface area contributed by atoms with E-state index in [9.17, 15) is 4.79 Å². The number of hydrogen-bond donors (Lipinski definition) is 1. The molecule has 0 bridgehead atoms. The summed E-state index contributed by atoms with van der Waals surface area (Å²) in [6.07, 6.45) is 10.0. The summed E-state index contributed by atoms with van der Waals surface area (Å²) in [4.78, 5) is 28.2. The van der Waals surface area contributed by atoms with E-state index in [0.717, 1.165) is 5.56 Å². The number of aromatic nitrogens is 6. The first-order chi connectivity index (χ1) is 13.2. The van der Waals surface area contributed by atoms with Gasteiger partial charge in [0.15, 0.2) is 10.8 Å². The fourth-order valence-corrected chi connectivity index (χ4v) is 3.24. The molecular weight excluding hydrogens is 384 g/mol. The van der Waals surface area contributed by atoms with Crippen LogP contribution in [0.4, 0.5) is 0 Å². The number of benzene rings is 1. The molecule has 0 aliphatic carbocycles. The van der Waals surface area contributed by atoms with Gasteiger partial charge in [0.05, 0.1) is 17.5 Å². The number of aromatic amines is 1. The van der Waals surface area contributed by atoms with Crippen LogP contribution >= 0.6 is 23.4 Å². The molecule has 0 amide bonds. The Balaban J connectivity index is 2.03. The highest BCUT2D eigenvalue weighted by Crippen LogP contribution is 2.33. The zero-order valence-electron chi connectivity index (χ0n) is 13.8. The van der Waals surface area contributed by atoms with Gasteiger partial charge in [0.25, 0.3) is 0 Å². The summed E-state index contributed by atoms with van der Waals surface area (Å²) >= 11 is 7.29. The van der Waals surface area contributed by atoms with Crippen molar-refractivity contribution in [3.8, 4) is 34.9 Å². The molecular formula is C18H11ClN6OS. The first-order valence-corrected chi connectivity index (χ1v) is 9.15. The maximum atomic E-state index is 12.5. The van der Waals surface area contributed by atoms with Crippen LogP contribution in [0.15, 0.2) is 52.8 Å². The Bertz CT molecular complexity index is 1210. The van der Waals surface area contributed by atoms with E-state index in [0.29, 0.717) is 38.5 Å². The van der Waals surface area contributed by atoms with Gasteiger partial charge in [-0.3, -0.25) is 15.0 Å². The minimum Gasteiger partial charge on any atom is -0.285 e. The van der Waals surface area contributed by atoms with Crippen LogP contribution in [0.2, 0.25) is 5.02 Å². The number of rotatable bonds is 4. The molecule has 0 spiro atoms. The highest BCUT2D eigenvalue weighted by molar-refractivity contribution is 7.99. The van der Waals surface area contributed by atoms with E-state index < -0.39 is 5.69 Å². The topological polar surface area (TPSA) is 88.8 Å². The molecule has 0 aliphatic heterocycles. The third-order valence-corrected chi connectivity index (χ3v) is 4.74. The van der Waals surface area contributed by atoms with Gasteiger partial charge in [-0.15, -0.1) is 6.42 Å². The molecule has 3 heterocycles. The molecule has 0 fully saturated rings. The van der Waals surface area contributed by atoms with Gasteiger partial charge in [-0.25, -0.2) is 9.78 Å². The lowest BCUT2D eigenvalue weighted by Crippen LogP contribution is -2.19. The van der Waals surface area contributed by atoms with Crippen molar-refractivity contribution in [3.05, 3.63) is 58.4 Å². The average molecular weight is 395 g/mol. The van der Waals surface area contributed by atoms with Crippen molar-refractivity contribution in [1.29, 1.82) is 0 Å². The SMILES string of the molecule is C#CCSc1nc2c(-c3ccc(Cl)cc3)c(-c3cnccn3)nn2c(=O)[nH]1. The molecule has 0 radical (unpaired) electrons. The lowest BCUT2D eigenvalue weighted by Gasteiger charge is -2.03. The second-order valence-corrected chi connectivity index (χ2v) is 6.80. The van der Waals surface area contributed by atoms with Gasteiger partial charge in [-0.1, -0.05) is 41.4 Å². The predicted octanol–water partition coefficient (Wildman–Crippen LogP) is 2.92. The maximum Gasteiger partial charge on any atom is 0.350 e. The van der Waals surface area contributed by atoms with Crippen molar-refractivity contribution in [2.24, 2.45) is 0 Å². The third-order valence-electron chi connectivity index (χ3n) is 3.71. The molecule has 1 aromatic carbocycles. The molecule has 0 saturated carbocycles. The summed E-state index contributed by atoms with van der Waals surface area (Å²) in [5, 5.41) is 5.45. The first-order valence-electron chi connectivity index (χ1n) is 7.79. The molecule has 0 saturated heterocycles. The van der Waals surface area contributed by atoms with Gasteiger partial charge in [0, 0.05) is 17.4 Å². The monoisotopic (exact) mass is 394 g/mol. The molecule has 0 atom stereocenters. The highest BCUT2D eigenvalue weighted by Gasteiger charge is 2.21. The largest absolute Gasteiger partial charge is 0.350 e. The Morgan fingerprint density at radius 2 is 2.07 bits per heavy atom. The quantitative estimate of drug-likeness (QED) is 0.423. The van der Waals surface area contributed by atoms with Crippen molar-refractivity contribution in [3.63, 3.8) is 0 Å². The second-order valence-electron chi connectivity index (χ2n) is 5.40. The molecule has 0 unspecified atom stereocenters. The number of nitrogens with one attached hydrogen (secondary N) is 1. The lowest BCUT2D eigenvalue weighted by atomic mass is 10.0. The minimum absolute atomic E-state index is 0.389. The van der Waals surface area contributed by atoms with E-state index >= 15 is 0 Å². The normalized spacial score (nSPS) is 10.8. The summed E-state index contributed by atoms with van der Waals surface area (Å²) in [5.74, 6) is 2.90. The fraction of sp³-hybridized carbons (Fsp3) is 0.0556. The molecule has 4 rings (SSSR count). The zero-order chi connectivity index (χ0) is 18.8. The second kappa shape index (κ2) is 7.23. The van der Waals surface area contributed by atoms with E-state index in [2.05, 4.69) is 31.0 Å². The highest BCUT2D eigenvalue weighted by atomic mass is 35.5. The summed E-state index contributed by atoms with van der Waals surface area (Å²) in [6.45, 7) is 0. The Kier molecular flexibility index (Phi) is 4.62. The molecule has 4 aromatic rings. The molecule has 27 heavy (non-hydrogen) atoms. The van der Waals surface area contributed by atoms with Gasteiger partial charge in [0.1, 0.15) is 11.4 Å². The summed E-state index contributed by atoms with van der Waals surface area (Å²) in [6, 6.07) is 7.22. The van der Waals surface area contributed by atoms with Crippen molar-refractivity contribution >= 4 is 29.0 Å². The Morgan fingerprint density at radius 3 is 2.78 bits per heavy atom. The predicted molar refractivity (Wildman–Crippen MR) is 105 cm³/mol. The molecule has 0 aliphatic rings. The Morgan fingerprint density at radius 1 is 1.26 bits per heavy atom. The van der Waals surface area contributed by atoms with Crippen LogP contribution in [0.1, 0.15) is 0 Å². The number of nitrogens with zero attached hydrogens (tertiary/aromatic N) is 5. The minimum atomic E-state index is -0.412. The number of fused-ring (bicyclic) bond motifs is 1. The van der Waals surface area contributed by atoms with Gasteiger partial charge in [0.2, 0.25) is 0 Å². The average Bonchev–Trinajstić information content (AvgIpc) is 3.08. The molecule has 9 heteroatoms. The first kappa shape index (κ1) is 17.3. The van der Waals surface area contributed by atoms with Crippen molar-refractivity contribution in [1.82, 2.24) is 29.5 Å². The summed E-state index contributed by atoms with van der Waals surface area (Å²) in [7, 11) is 0. The van der Waals surface area contributed by atoms with Gasteiger partial charge in [-0.05, 0) is 17.7 Å². The van der Waals surface area contributed by atoms with Crippen LogP contribution in [-0.4, -0.2) is 35.3 Å². The number of hydrogen-bond acceptors (Lipinski definition) is 6. The van der Waals surface area contributed by atoms with Crippen LogP contribution in [0, 0.1) is 12.3 Å². The zero-order valence-corrected chi connectivity index (χ0v) is 15.3. The molecule has 132 valence electrons. The van der Waals surface area contributed by atoms with E-state index in [4.69, 9.17) is 18.0 Å².